The van der Waals surface area contributed by atoms with Crippen molar-refractivity contribution in [3.8, 4) is 0 Å². The summed E-state index contributed by atoms with van der Waals surface area (Å²) in [6.07, 6.45) is 30.2. The summed E-state index contributed by atoms with van der Waals surface area (Å²) in [4.78, 5) is 0. The van der Waals surface area contributed by atoms with Gasteiger partial charge in [0.1, 0.15) is 6.15 Å². The number of hydrogen-bond acceptors (Lipinski definition) is 0. The number of halogens is 12. The van der Waals surface area contributed by atoms with E-state index in [0.717, 1.165) is 48.5 Å². The minimum absolute atomic E-state index is 0.0114. The summed E-state index contributed by atoms with van der Waals surface area (Å²) in [7, 11) is -2.55. The first-order chi connectivity index (χ1) is 40.9. The van der Waals surface area contributed by atoms with E-state index in [1.165, 1.54) is 230 Å². The van der Waals surface area contributed by atoms with Crippen molar-refractivity contribution in [1.29, 1.82) is 0 Å². The Hall–Kier alpha value is -3.33. The van der Waals surface area contributed by atoms with Crippen molar-refractivity contribution >= 4 is 42.1 Å². The van der Waals surface area contributed by atoms with Crippen molar-refractivity contribution in [3.05, 3.63) is 119 Å². The lowest BCUT2D eigenvalue weighted by molar-refractivity contribution is -0.138. The zero-order chi connectivity index (χ0) is 63.6. The number of alkyl halides is 12. The van der Waals surface area contributed by atoms with E-state index in [2.05, 4.69) is 41.5 Å². The first-order valence-electron chi connectivity index (χ1n) is 33.2. The maximum Gasteiger partial charge on any atom is 0.416 e. The molecular weight excluding hydrogens is 1160 g/mol. The third-order valence-electron chi connectivity index (χ3n) is 17.4. The lowest BCUT2D eigenvalue weighted by Crippen LogP contribution is -2.74. The number of nitrogens with zero attached hydrogens (tertiary/aromatic N) is 1. The van der Waals surface area contributed by atoms with Gasteiger partial charge in [0.2, 0.25) is 14.1 Å². The molecule has 0 spiro atoms. The first-order valence-corrected chi connectivity index (χ1v) is 37.8. The van der Waals surface area contributed by atoms with Crippen LogP contribution in [0.3, 0.4) is 0 Å². The quantitative estimate of drug-likeness (QED) is 0.0139. The minimum Gasteiger partial charge on any atom is -0.195 e. The number of rotatable bonds is 40. The van der Waals surface area contributed by atoms with Gasteiger partial charge in [0, 0.05) is 37.0 Å². The van der Waals surface area contributed by atoms with Crippen LogP contribution in [0.25, 0.3) is 0 Å². The first kappa shape index (κ1) is 76.9. The van der Waals surface area contributed by atoms with E-state index < -0.39 is 67.2 Å². The summed E-state index contributed by atoms with van der Waals surface area (Å²) >= 11 is 0. The van der Waals surface area contributed by atoms with Crippen molar-refractivity contribution in [3.63, 3.8) is 0 Å². The molecule has 0 saturated heterocycles. The molecule has 0 amide bonds. The Bertz CT molecular complexity index is 2150. The Morgan fingerprint density at radius 2 is 0.395 bits per heavy atom. The van der Waals surface area contributed by atoms with E-state index >= 15 is 0 Å². The van der Waals surface area contributed by atoms with Crippen LogP contribution in [0.1, 0.15) is 256 Å². The lowest BCUT2D eigenvalue weighted by Gasteiger charge is -2.44. The topological polar surface area (TPSA) is 14.1 Å². The maximum absolute atomic E-state index is 13.3. The SMILES string of the molecule is CCCCCCCP(CCCCCCC)(CCCCCCC)=[N+]=P(CCCCCCC)(CCCCCCC)CCCCCCC.FC(F)(F)c1ccc([B-](c2ccc(C(F)(F)F)cc2)(c2ccc(C(F)(F)F)cc2)c2ccc(C(F)(F)F)cc2)cc1. The minimum atomic E-state index is -4.77. The summed E-state index contributed by atoms with van der Waals surface area (Å²) in [5, 5.41) is 0. The van der Waals surface area contributed by atoms with Crippen LogP contribution in [0.2, 0.25) is 0 Å². The molecule has 0 unspecified atom stereocenters. The van der Waals surface area contributed by atoms with E-state index in [1.54, 1.807) is 0 Å². The molecule has 86 heavy (non-hydrogen) atoms. The molecule has 0 bridgehead atoms. The van der Waals surface area contributed by atoms with Gasteiger partial charge < -0.3 is 0 Å². The molecule has 1 nitrogen and oxygen atoms in total. The molecule has 4 rings (SSSR count). The molecule has 488 valence electrons. The van der Waals surface area contributed by atoms with Gasteiger partial charge in [-0.2, -0.15) is 78.7 Å². The van der Waals surface area contributed by atoms with Gasteiger partial charge in [-0.15, -0.1) is 0 Å². The Kier molecular flexibility index (Phi) is 35.5. The highest BCUT2D eigenvalue weighted by molar-refractivity contribution is 7.73. The van der Waals surface area contributed by atoms with E-state index in [9.17, 15) is 52.7 Å². The Labute approximate surface area is 511 Å². The highest BCUT2D eigenvalue weighted by atomic mass is 31.2. The van der Waals surface area contributed by atoms with Gasteiger partial charge in [-0.1, -0.05) is 293 Å². The van der Waals surface area contributed by atoms with Crippen LogP contribution in [0, 0.1) is 0 Å². The molecular formula is C70H106BF12NP2. The molecule has 0 fully saturated rings. The van der Waals surface area contributed by atoms with Crippen LogP contribution >= 0.6 is 14.1 Å². The largest absolute Gasteiger partial charge is 0.416 e. The van der Waals surface area contributed by atoms with Crippen molar-refractivity contribution in [2.45, 2.75) is 259 Å². The van der Waals surface area contributed by atoms with E-state index in [4.69, 9.17) is 4.17 Å². The number of hydrogen-bond donors (Lipinski definition) is 0. The zero-order valence-corrected chi connectivity index (χ0v) is 54.9. The van der Waals surface area contributed by atoms with E-state index in [0.29, 0.717) is 48.5 Å². The normalized spacial score (nSPS) is 12.8. The number of unbranched alkanes of at least 4 members (excludes halogenated alkanes) is 24. The highest BCUT2D eigenvalue weighted by Crippen LogP contribution is 2.56. The molecule has 0 aliphatic heterocycles. The molecule has 0 heterocycles. The highest BCUT2D eigenvalue weighted by Gasteiger charge is 2.39. The van der Waals surface area contributed by atoms with Crippen LogP contribution in [-0.2, 0) is 24.7 Å². The number of benzene rings is 4. The van der Waals surface area contributed by atoms with Gasteiger partial charge in [-0.3, -0.25) is 0 Å². The van der Waals surface area contributed by atoms with Gasteiger partial charge >= 0.3 is 24.7 Å². The lowest BCUT2D eigenvalue weighted by atomic mass is 9.13. The second-order valence-electron chi connectivity index (χ2n) is 24.5. The standard InChI is InChI=1S/C42H90NP2.C28H16BF12/c1-7-13-19-25-31-37-44(38-32-26-20-14-8-2,39-33-27-21-15-9-3)43-45(40-34-28-22-16-10-4,41-35-29-23-17-11-5)42-36-30-24-18-12-6;30-25(31,32)17-1-9-21(10-2-17)29(22-11-3-18(4-12-22)26(33,34)35,23-13-5-19(6-14-23)27(36,37)38)24-15-7-20(8-16-24)28(39,40)41/h7-42H2,1-6H3;1-16H/q+1;-1. The van der Waals surface area contributed by atoms with Gasteiger partial charge in [0.25, 0.3) is 0 Å². The third kappa shape index (κ3) is 26.6. The average molecular weight is 1260 g/mol. The second-order valence-corrected chi connectivity index (χ2v) is 32.2. The Morgan fingerprint density at radius 1 is 0.244 bits per heavy atom. The molecule has 0 N–H and O–H groups in total. The fourth-order valence-electron chi connectivity index (χ4n) is 12.4. The molecule has 0 saturated carbocycles. The molecule has 4 aromatic carbocycles. The van der Waals surface area contributed by atoms with Gasteiger partial charge in [-0.25, -0.2) is 0 Å². The zero-order valence-electron chi connectivity index (χ0n) is 53.1. The third-order valence-corrected chi connectivity index (χ3v) is 27.3. The summed E-state index contributed by atoms with van der Waals surface area (Å²) in [5.41, 5.74) is -4.29. The monoisotopic (exact) mass is 1260 g/mol. The fourth-order valence-corrected chi connectivity index (χ4v) is 24.0. The molecule has 0 aliphatic rings. The molecule has 4 aromatic rings. The van der Waals surface area contributed by atoms with Crippen LogP contribution in [0.4, 0.5) is 52.7 Å². The average Bonchev–Trinajstić information content (AvgIpc) is 0.766. The predicted molar refractivity (Wildman–Crippen MR) is 348 cm³/mol. The van der Waals surface area contributed by atoms with Gasteiger partial charge in [0.05, 0.1) is 22.3 Å². The predicted octanol–water partition coefficient (Wildman–Crippen LogP) is 23.4. The molecule has 0 aromatic heterocycles. The summed E-state index contributed by atoms with van der Waals surface area (Å²) in [6.45, 7) is 14.2. The fraction of sp³-hybridized carbons (Fsp3) is 0.657. The summed E-state index contributed by atoms with van der Waals surface area (Å²) in [6, 6.07) is 13.6. The van der Waals surface area contributed by atoms with E-state index in [1.807, 2.05) is 0 Å². The smallest absolute Gasteiger partial charge is 0.195 e. The van der Waals surface area contributed by atoms with Crippen LogP contribution in [0.15, 0.2) is 97.1 Å². The molecule has 0 aliphatic carbocycles. The molecule has 0 radical (unpaired) electrons. The van der Waals surface area contributed by atoms with Crippen molar-refractivity contribution in [2.24, 2.45) is 0 Å². The second kappa shape index (κ2) is 39.7. The summed E-state index contributed by atoms with van der Waals surface area (Å²) < 4.78 is 167. The molecule has 16 heteroatoms. The van der Waals surface area contributed by atoms with Crippen molar-refractivity contribution in [2.75, 3.05) is 37.0 Å². The van der Waals surface area contributed by atoms with Crippen molar-refractivity contribution in [1.82, 2.24) is 4.17 Å². The molecule has 0 atom stereocenters. The van der Waals surface area contributed by atoms with Gasteiger partial charge in [-0.05, 0) is 38.5 Å². The maximum atomic E-state index is 13.3. The Balaban J connectivity index is 0.000000451. The van der Waals surface area contributed by atoms with Gasteiger partial charge in [0.15, 0.2) is 0 Å². The van der Waals surface area contributed by atoms with Crippen LogP contribution in [-0.4, -0.2) is 43.1 Å². The van der Waals surface area contributed by atoms with Crippen LogP contribution < -0.4 is 26.0 Å². The Morgan fingerprint density at radius 3 is 0.535 bits per heavy atom. The van der Waals surface area contributed by atoms with E-state index in [-0.39, 0.29) is 21.9 Å². The van der Waals surface area contributed by atoms with Crippen LogP contribution in [0.5, 0.6) is 0 Å². The van der Waals surface area contributed by atoms with Crippen molar-refractivity contribution < 1.29 is 52.7 Å². The summed E-state index contributed by atoms with van der Waals surface area (Å²) in [5.74, 6) is 0.